The molecule has 3 heterocycles. The van der Waals surface area contributed by atoms with Gasteiger partial charge in [0, 0.05) is 35.5 Å². The average Bonchev–Trinajstić information content (AvgIpc) is 3.63. The zero-order valence-corrected chi connectivity index (χ0v) is 23.0. The molecule has 0 atom stereocenters. The normalized spacial score (nSPS) is 11.2. The number of hydrogen-bond donors (Lipinski definition) is 3. The van der Waals surface area contributed by atoms with Crippen LogP contribution in [0.15, 0.2) is 61.1 Å². The number of H-pyrrole nitrogens is 1. The van der Waals surface area contributed by atoms with Crippen molar-refractivity contribution in [1.29, 1.82) is 5.26 Å². The van der Waals surface area contributed by atoms with Crippen LogP contribution in [0, 0.1) is 29.9 Å². The molecule has 42 heavy (non-hydrogen) atoms. The number of nitrogens with zero attached hydrogens (tertiary/aromatic N) is 6. The highest BCUT2D eigenvalue weighted by atomic mass is 19.1. The molecule has 0 saturated carbocycles. The van der Waals surface area contributed by atoms with Crippen LogP contribution in [0.4, 0.5) is 25.1 Å². The molecule has 11 nitrogen and oxygen atoms in total. The Bertz CT molecular complexity index is 1820. The third-order valence-electron chi connectivity index (χ3n) is 6.18. The van der Waals surface area contributed by atoms with Crippen LogP contribution in [0.3, 0.4) is 0 Å². The fraction of sp³-hybridized carbons (Fsp3) is 0.172. The number of benzene rings is 2. The van der Waals surface area contributed by atoms with Gasteiger partial charge in [-0.1, -0.05) is 20.8 Å². The number of anilines is 2. The van der Waals surface area contributed by atoms with Gasteiger partial charge in [-0.25, -0.2) is 23.2 Å². The number of urea groups is 1. The number of carbonyl (C=O) groups is 1. The number of rotatable bonds is 6. The van der Waals surface area contributed by atoms with Crippen molar-refractivity contribution in [1.82, 2.24) is 29.9 Å². The van der Waals surface area contributed by atoms with Crippen molar-refractivity contribution in [3.63, 3.8) is 0 Å². The van der Waals surface area contributed by atoms with E-state index in [4.69, 9.17) is 4.74 Å². The molecule has 0 fully saturated rings. The van der Waals surface area contributed by atoms with E-state index in [1.54, 1.807) is 37.5 Å². The number of nitriles is 1. The Kier molecular flexibility index (Phi) is 7.37. The van der Waals surface area contributed by atoms with E-state index in [0.29, 0.717) is 22.6 Å². The van der Waals surface area contributed by atoms with E-state index in [1.807, 2.05) is 20.8 Å². The quantitative estimate of drug-likeness (QED) is 0.219. The largest absolute Gasteiger partial charge is 0.424 e. The monoisotopic (exact) mass is 569 g/mol. The summed E-state index contributed by atoms with van der Waals surface area (Å²) in [5, 5.41) is 25.6. The molecule has 5 rings (SSSR count). The Morgan fingerprint density at radius 1 is 1.10 bits per heavy atom. The van der Waals surface area contributed by atoms with E-state index in [9.17, 15) is 18.8 Å². The van der Waals surface area contributed by atoms with E-state index in [0.717, 1.165) is 11.6 Å². The first-order chi connectivity index (χ1) is 20.0. The molecule has 2 amide bonds. The van der Waals surface area contributed by atoms with Crippen LogP contribution in [-0.2, 0) is 5.41 Å². The maximum atomic E-state index is 14.9. The van der Waals surface area contributed by atoms with Gasteiger partial charge in [-0.3, -0.25) is 10.4 Å². The molecule has 3 N–H and O–H groups in total. The number of nitrogens with one attached hydrogen (secondary N) is 3. The van der Waals surface area contributed by atoms with Crippen molar-refractivity contribution in [2.24, 2.45) is 0 Å². The Morgan fingerprint density at radius 3 is 2.62 bits per heavy atom. The molecule has 212 valence electrons. The van der Waals surface area contributed by atoms with Gasteiger partial charge >= 0.3 is 12.0 Å². The summed E-state index contributed by atoms with van der Waals surface area (Å²) in [6, 6.07) is 10.8. The van der Waals surface area contributed by atoms with Crippen molar-refractivity contribution < 1.29 is 18.3 Å². The molecule has 13 heteroatoms. The molecule has 0 aliphatic rings. The summed E-state index contributed by atoms with van der Waals surface area (Å²) in [6.45, 7) is 7.46. The lowest BCUT2D eigenvalue weighted by Crippen LogP contribution is -2.22. The van der Waals surface area contributed by atoms with Gasteiger partial charge in [-0.15, -0.1) is 0 Å². The van der Waals surface area contributed by atoms with Gasteiger partial charge in [0.2, 0.25) is 0 Å². The summed E-state index contributed by atoms with van der Waals surface area (Å²) in [7, 11) is 0. The highest BCUT2D eigenvalue weighted by Gasteiger charge is 2.23. The first-order valence-corrected chi connectivity index (χ1v) is 12.7. The summed E-state index contributed by atoms with van der Waals surface area (Å²) in [6.07, 6.45) is 4.79. The molecule has 0 saturated heterocycles. The predicted molar refractivity (Wildman–Crippen MR) is 150 cm³/mol. The van der Waals surface area contributed by atoms with Crippen LogP contribution in [-0.4, -0.2) is 36.0 Å². The van der Waals surface area contributed by atoms with Gasteiger partial charge in [-0.05, 0) is 42.8 Å². The fourth-order valence-corrected chi connectivity index (χ4v) is 3.93. The van der Waals surface area contributed by atoms with Crippen LogP contribution in [0.5, 0.6) is 11.8 Å². The molecule has 0 radical (unpaired) electrons. The van der Waals surface area contributed by atoms with Gasteiger partial charge in [0.1, 0.15) is 29.3 Å². The minimum Gasteiger partial charge on any atom is -0.424 e. The fourth-order valence-electron chi connectivity index (χ4n) is 3.93. The molecular formula is C29H25F2N9O2. The molecule has 0 spiro atoms. The number of aromatic amines is 1. The topological polar surface area (TPSA) is 146 Å². The lowest BCUT2D eigenvalue weighted by Gasteiger charge is -2.14. The second-order valence-corrected chi connectivity index (χ2v) is 10.3. The second-order valence-electron chi connectivity index (χ2n) is 10.3. The minimum atomic E-state index is -0.772. The van der Waals surface area contributed by atoms with Gasteiger partial charge < -0.3 is 10.1 Å². The maximum absolute atomic E-state index is 14.9. The summed E-state index contributed by atoms with van der Waals surface area (Å²) < 4.78 is 36.1. The van der Waals surface area contributed by atoms with Gasteiger partial charge in [-0.2, -0.15) is 20.4 Å². The van der Waals surface area contributed by atoms with Gasteiger partial charge in [0.15, 0.2) is 0 Å². The molecule has 5 aromatic rings. The van der Waals surface area contributed by atoms with E-state index in [2.05, 4.69) is 35.9 Å². The smallest absolute Gasteiger partial charge is 0.324 e. The summed E-state index contributed by atoms with van der Waals surface area (Å²) in [5.74, 6) is -0.917. The third-order valence-corrected chi connectivity index (χ3v) is 6.18. The first-order valence-electron chi connectivity index (χ1n) is 12.7. The zero-order chi connectivity index (χ0) is 30.0. The van der Waals surface area contributed by atoms with Gasteiger partial charge in [0.25, 0.3) is 0 Å². The number of hydrogen-bond acceptors (Lipinski definition) is 7. The average molecular weight is 570 g/mol. The first kappa shape index (κ1) is 27.9. The highest BCUT2D eigenvalue weighted by Crippen LogP contribution is 2.31. The van der Waals surface area contributed by atoms with E-state index < -0.39 is 23.1 Å². The number of carbonyl (C=O) groups excluding carboxylic acids is 1. The van der Waals surface area contributed by atoms with E-state index in [-0.39, 0.29) is 28.8 Å². The van der Waals surface area contributed by atoms with Crippen LogP contribution in [0.25, 0.3) is 16.9 Å². The molecule has 0 aliphatic carbocycles. The number of aromatic nitrogens is 6. The standard InChI is InChI=1S/C29H25F2N9O2/c1-16-9-21(31)23(11-24(16)42-28-33-8-7-22(37-28)18-14-34-35-15-18)36-27(41)38-26-12-25(29(2,3)4)39-40(26)19-5-6-20(30)17(10-19)13-32/h5-12,14-15H,1-4H3,(H,34,35)(H2,36,38,41). The molecule has 2 aromatic carbocycles. The molecular weight excluding hydrogens is 544 g/mol. The summed E-state index contributed by atoms with van der Waals surface area (Å²) in [5.41, 5.74) is 2.00. The van der Waals surface area contributed by atoms with Crippen molar-refractivity contribution in [3.8, 4) is 34.8 Å². The Morgan fingerprint density at radius 2 is 1.90 bits per heavy atom. The maximum Gasteiger partial charge on any atom is 0.324 e. The summed E-state index contributed by atoms with van der Waals surface area (Å²) >= 11 is 0. The molecule has 0 unspecified atom stereocenters. The van der Waals surface area contributed by atoms with E-state index >= 15 is 0 Å². The summed E-state index contributed by atoms with van der Waals surface area (Å²) in [4.78, 5) is 21.5. The van der Waals surface area contributed by atoms with Gasteiger partial charge in [0.05, 0.1) is 34.5 Å². The lowest BCUT2D eigenvalue weighted by molar-refractivity contribution is 0.262. The van der Waals surface area contributed by atoms with Crippen LogP contribution >= 0.6 is 0 Å². The van der Waals surface area contributed by atoms with Crippen molar-refractivity contribution in [2.45, 2.75) is 33.1 Å². The number of aryl methyl sites for hydroxylation is 1. The number of ether oxygens (including phenoxy) is 1. The SMILES string of the molecule is Cc1cc(F)c(NC(=O)Nc2cc(C(C)(C)C)nn2-c2ccc(F)c(C#N)c2)cc1Oc1nccc(-c2cn[nH]c2)n1. The number of amides is 2. The van der Waals surface area contributed by atoms with Crippen molar-refractivity contribution in [2.75, 3.05) is 10.6 Å². The highest BCUT2D eigenvalue weighted by molar-refractivity contribution is 5.99. The van der Waals surface area contributed by atoms with Crippen LogP contribution in [0.2, 0.25) is 0 Å². The Hall–Kier alpha value is -5.64. The molecule has 3 aromatic heterocycles. The van der Waals surface area contributed by atoms with Crippen molar-refractivity contribution >= 4 is 17.5 Å². The van der Waals surface area contributed by atoms with Crippen molar-refractivity contribution in [3.05, 3.63) is 89.5 Å². The molecule has 0 bridgehead atoms. The Labute approximate surface area is 239 Å². The van der Waals surface area contributed by atoms with Crippen LogP contribution in [0.1, 0.15) is 37.6 Å². The lowest BCUT2D eigenvalue weighted by atomic mass is 9.92. The second kappa shape index (κ2) is 11.1. The third kappa shape index (κ3) is 5.92. The van der Waals surface area contributed by atoms with E-state index in [1.165, 1.54) is 35.1 Å². The predicted octanol–water partition coefficient (Wildman–Crippen LogP) is 6.24. The van der Waals surface area contributed by atoms with Crippen LogP contribution < -0.4 is 15.4 Å². The zero-order valence-electron chi connectivity index (χ0n) is 23.0. The minimum absolute atomic E-state index is 0.0217. The Balaban J connectivity index is 1.40. The number of halogens is 2. The molecule has 0 aliphatic heterocycles.